The van der Waals surface area contributed by atoms with Crippen LogP contribution in [0.3, 0.4) is 0 Å². The Morgan fingerprint density at radius 3 is 2.95 bits per heavy atom. The Bertz CT molecular complexity index is 353. The Morgan fingerprint density at radius 1 is 1.36 bits per heavy atom. The molecule has 2 aliphatic heterocycles. The molecule has 0 radical (unpaired) electrons. The molecule has 128 valence electrons. The van der Waals surface area contributed by atoms with E-state index in [-0.39, 0.29) is 18.5 Å². The Morgan fingerprint density at radius 2 is 2.27 bits per heavy atom. The van der Waals surface area contributed by atoms with Gasteiger partial charge in [0.2, 0.25) is 0 Å². The number of hydrogen-bond donors (Lipinski definition) is 0. The molecular formula is C18H32O4. The van der Waals surface area contributed by atoms with Crippen LogP contribution in [-0.4, -0.2) is 37.5 Å². The van der Waals surface area contributed by atoms with Gasteiger partial charge in [-0.15, -0.1) is 0 Å². The van der Waals surface area contributed by atoms with Crippen LogP contribution >= 0.6 is 0 Å². The molecule has 0 aromatic heterocycles. The molecule has 4 nitrogen and oxygen atoms in total. The lowest BCUT2D eigenvalue weighted by atomic mass is 10.1. The van der Waals surface area contributed by atoms with Crippen LogP contribution in [0.2, 0.25) is 0 Å². The van der Waals surface area contributed by atoms with E-state index in [1.807, 2.05) is 13.8 Å². The fourth-order valence-electron chi connectivity index (χ4n) is 2.80. The zero-order chi connectivity index (χ0) is 16.5. The molecular weight excluding hydrogens is 280 g/mol. The van der Waals surface area contributed by atoms with Gasteiger partial charge in [0.1, 0.15) is 6.10 Å². The van der Waals surface area contributed by atoms with Crippen molar-refractivity contribution in [3.05, 3.63) is 12.2 Å². The molecule has 2 heterocycles. The lowest BCUT2D eigenvalue weighted by Crippen LogP contribution is -2.27. The maximum Gasteiger partial charge on any atom is 0.163 e. The second kappa shape index (κ2) is 9.02. The summed E-state index contributed by atoms with van der Waals surface area (Å²) >= 11 is 0. The maximum atomic E-state index is 7.23. The van der Waals surface area contributed by atoms with E-state index in [0.29, 0.717) is 13.5 Å². The van der Waals surface area contributed by atoms with Gasteiger partial charge in [-0.1, -0.05) is 38.3 Å². The van der Waals surface area contributed by atoms with Crippen LogP contribution in [0.15, 0.2) is 12.2 Å². The normalized spacial score (nSPS) is 30.5. The molecule has 0 aromatic carbocycles. The Balaban J connectivity index is 1.81. The van der Waals surface area contributed by atoms with Crippen LogP contribution in [0.5, 0.6) is 0 Å². The smallest absolute Gasteiger partial charge is 0.163 e. The van der Waals surface area contributed by atoms with E-state index >= 15 is 0 Å². The molecule has 2 rings (SSSR count). The molecule has 2 saturated heterocycles. The van der Waals surface area contributed by atoms with E-state index in [2.05, 4.69) is 12.2 Å². The average Bonchev–Trinajstić information content (AvgIpc) is 2.89. The lowest BCUT2D eigenvalue weighted by Gasteiger charge is -2.26. The zero-order valence-corrected chi connectivity index (χ0v) is 14.1. The highest BCUT2D eigenvalue weighted by Crippen LogP contribution is 2.24. The predicted octanol–water partition coefficient (Wildman–Crippen LogP) is 4.19. The van der Waals surface area contributed by atoms with Crippen molar-refractivity contribution in [1.29, 1.82) is 0 Å². The number of ether oxygens (including phenoxy) is 4. The van der Waals surface area contributed by atoms with Gasteiger partial charge in [0.05, 0.1) is 12.7 Å². The van der Waals surface area contributed by atoms with Crippen LogP contribution in [0.25, 0.3) is 0 Å². The van der Waals surface area contributed by atoms with E-state index in [4.69, 9.17) is 20.3 Å². The summed E-state index contributed by atoms with van der Waals surface area (Å²) in [4.78, 5) is 0. The van der Waals surface area contributed by atoms with E-state index in [9.17, 15) is 0 Å². The summed E-state index contributed by atoms with van der Waals surface area (Å²) < 4.78 is 30.5. The molecule has 0 aromatic rings. The van der Waals surface area contributed by atoms with E-state index in [0.717, 1.165) is 45.1 Å². The summed E-state index contributed by atoms with van der Waals surface area (Å²) in [5, 5.41) is 0. The van der Waals surface area contributed by atoms with Crippen LogP contribution in [0, 0.1) is 0 Å². The first-order valence-electron chi connectivity index (χ1n) is 9.36. The minimum Gasteiger partial charge on any atom is -0.353 e. The monoisotopic (exact) mass is 314 g/mol. The Kier molecular flexibility index (Phi) is 6.74. The fraction of sp³-hybridized carbons (Fsp3) is 0.889. The van der Waals surface area contributed by atoms with Crippen molar-refractivity contribution in [1.82, 2.24) is 0 Å². The van der Waals surface area contributed by atoms with Gasteiger partial charge >= 0.3 is 0 Å². The summed E-state index contributed by atoms with van der Waals surface area (Å²) in [6, 6.07) is 0. The summed E-state index contributed by atoms with van der Waals surface area (Å²) in [7, 11) is 0. The zero-order valence-electron chi connectivity index (χ0n) is 15.1. The SMILES string of the molecule is [3H]CCCCCC(/C=C/C1COC(C)(C)O1)OC1CCCCO1. The third kappa shape index (κ3) is 6.37. The number of hydrogen-bond acceptors (Lipinski definition) is 4. The summed E-state index contributed by atoms with van der Waals surface area (Å²) in [5.41, 5.74) is 0. The highest BCUT2D eigenvalue weighted by molar-refractivity contribution is 4.97. The quantitative estimate of drug-likeness (QED) is 0.497. The first kappa shape index (κ1) is 16.4. The van der Waals surface area contributed by atoms with Gasteiger partial charge in [0.25, 0.3) is 0 Å². The topological polar surface area (TPSA) is 36.9 Å². The van der Waals surface area contributed by atoms with Crippen molar-refractivity contribution in [3.8, 4) is 0 Å². The van der Waals surface area contributed by atoms with Crippen LogP contribution in [0.1, 0.15) is 67.1 Å². The largest absolute Gasteiger partial charge is 0.353 e. The van der Waals surface area contributed by atoms with Crippen LogP contribution in [-0.2, 0) is 18.9 Å². The highest BCUT2D eigenvalue weighted by Gasteiger charge is 2.31. The third-order valence-corrected chi connectivity index (χ3v) is 4.02. The maximum absolute atomic E-state index is 7.23. The first-order chi connectivity index (χ1) is 11.1. The predicted molar refractivity (Wildman–Crippen MR) is 86.7 cm³/mol. The van der Waals surface area contributed by atoms with Gasteiger partial charge in [-0.2, -0.15) is 0 Å². The molecule has 3 atom stereocenters. The number of unbranched alkanes of at least 4 members (excludes halogenated alkanes) is 2. The van der Waals surface area contributed by atoms with Gasteiger partial charge in [-0.3, -0.25) is 0 Å². The van der Waals surface area contributed by atoms with Crippen molar-refractivity contribution in [3.63, 3.8) is 0 Å². The summed E-state index contributed by atoms with van der Waals surface area (Å²) in [5.74, 6) is -0.494. The standard InChI is InChI=1S/C18H32O4/c1-4-5-6-9-15(21-17-10-7-8-13-19-17)11-12-16-14-20-18(2,3)22-16/h11-12,15-17H,4-10,13-14H2,1-3H3/b12-11+/i1T. The minimum atomic E-state index is -0.494. The van der Waals surface area contributed by atoms with Crippen molar-refractivity contribution in [2.45, 2.75) is 90.0 Å². The molecule has 0 N–H and O–H groups in total. The molecule has 0 saturated carbocycles. The lowest BCUT2D eigenvalue weighted by molar-refractivity contribution is -0.179. The van der Waals surface area contributed by atoms with Crippen molar-refractivity contribution >= 4 is 0 Å². The number of rotatable bonds is 8. The summed E-state index contributed by atoms with van der Waals surface area (Å²) in [6.07, 6.45) is 11.5. The minimum absolute atomic E-state index is 0.00313. The molecule has 0 bridgehead atoms. The van der Waals surface area contributed by atoms with Crippen molar-refractivity contribution < 1.29 is 20.3 Å². The Labute approximate surface area is 136 Å². The highest BCUT2D eigenvalue weighted by atomic mass is 16.7. The summed E-state index contributed by atoms with van der Waals surface area (Å²) in [6.45, 7) is 5.77. The first-order valence-corrected chi connectivity index (χ1v) is 8.65. The molecule has 2 aliphatic rings. The molecule has 0 aliphatic carbocycles. The molecule has 4 heteroatoms. The van der Waals surface area contributed by atoms with Crippen LogP contribution in [0.4, 0.5) is 0 Å². The molecule has 22 heavy (non-hydrogen) atoms. The fourth-order valence-corrected chi connectivity index (χ4v) is 2.80. The van der Waals surface area contributed by atoms with Gasteiger partial charge < -0.3 is 18.9 Å². The van der Waals surface area contributed by atoms with E-state index < -0.39 is 5.79 Å². The van der Waals surface area contributed by atoms with Crippen molar-refractivity contribution in [2.75, 3.05) is 13.2 Å². The molecule has 0 spiro atoms. The van der Waals surface area contributed by atoms with Gasteiger partial charge in [0.15, 0.2) is 12.1 Å². The van der Waals surface area contributed by atoms with E-state index in [1.54, 1.807) is 0 Å². The van der Waals surface area contributed by atoms with E-state index in [1.165, 1.54) is 6.42 Å². The van der Waals surface area contributed by atoms with Gasteiger partial charge in [0, 0.05) is 7.98 Å². The average molecular weight is 314 g/mol. The molecule has 0 amide bonds. The third-order valence-electron chi connectivity index (χ3n) is 4.02. The second-order valence-corrected chi connectivity index (χ2v) is 6.57. The van der Waals surface area contributed by atoms with Crippen LogP contribution < -0.4 is 0 Å². The van der Waals surface area contributed by atoms with Gasteiger partial charge in [-0.25, -0.2) is 0 Å². The molecule has 2 fully saturated rings. The second-order valence-electron chi connectivity index (χ2n) is 6.57. The van der Waals surface area contributed by atoms with Crippen molar-refractivity contribution in [2.24, 2.45) is 0 Å². The Hall–Kier alpha value is -0.420. The molecule has 3 unspecified atom stereocenters. The van der Waals surface area contributed by atoms with Gasteiger partial charge in [-0.05, 0) is 39.5 Å².